The van der Waals surface area contributed by atoms with Gasteiger partial charge in [0.1, 0.15) is 18.8 Å². The Balaban J connectivity index is 1.79. The highest BCUT2D eigenvalue weighted by Gasteiger charge is 2.20. The normalized spacial score (nSPS) is 16.9. The number of piperidine rings is 1. The Morgan fingerprint density at radius 1 is 1.24 bits per heavy atom. The van der Waals surface area contributed by atoms with Gasteiger partial charge in [-0.25, -0.2) is 4.98 Å². The Bertz CT molecular complexity index is 579. The third-order valence-electron chi connectivity index (χ3n) is 3.39. The van der Waals surface area contributed by atoms with E-state index in [1.54, 1.807) is 7.05 Å². The lowest BCUT2D eigenvalue weighted by Gasteiger charge is -2.28. The molecule has 3 heterocycles. The molecule has 21 heavy (non-hydrogen) atoms. The van der Waals surface area contributed by atoms with Crippen LogP contribution in [0.3, 0.4) is 0 Å². The number of rotatable bonds is 4. The molecule has 9 heteroatoms. The van der Waals surface area contributed by atoms with Crippen molar-refractivity contribution < 1.29 is 4.74 Å². The zero-order valence-electron chi connectivity index (χ0n) is 12.1. The molecule has 0 bridgehead atoms. The fraction of sp³-hybridized carbons (Fsp3) is 0.583. The van der Waals surface area contributed by atoms with E-state index in [1.165, 1.54) is 17.3 Å². The van der Waals surface area contributed by atoms with Gasteiger partial charge in [0.05, 0.1) is 0 Å². The van der Waals surface area contributed by atoms with E-state index in [2.05, 4.69) is 42.3 Å². The number of hydrogen-bond acceptors (Lipinski definition) is 8. The summed E-state index contributed by atoms with van der Waals surface area (Å²) in [6.45, 7) is 2.04. The Hall–Kier alpha value is -2.29. The van der Waals surface area contributed by atoms with Gasteiger partial charge < -0.3 is 15.0 Å². The minimum Gasteiger partial charge on any atom is -0.460 e. The van der Waals surface area contributed by atoms with Gasteiger partial charge in [-0.3, -0.25) is 0 Å². The molecule has 1 fully saturated rings. The topological polar surface area (TPSA) is 93.9 Å². The van der Waals surface area contributed by atoms with Crippen molar-refractivity contribution in [3.8, 4) is 12.0 Å². The van der Waals surface area contributed by atoms with E-state index in [4.69, 9.17) is 4.74 Å². The lowest BCUT2D eigenvalue weighted by molar-refractivity contribution is 0.105. The molecule has 112 valence electrons. The van der Waals surface area contributed by atoms with Crippen molar-refractivity contribution in [1.29, 1.82) is 0 Å². The average molecular weight is 290 g/mol. The summed E-state index contributed by atoms with van der Waals surface area (Å²) in [5.74, 6) is 0.827. The molecule has 0 radical (unpaired) electrons. The third-order valence-corrected chi connectivity index (χ3v) is 3.39. The molecule has 0 aromatic carbocycles. The molecule has 3 rings (SSSR count). The summed E-state index contributed by atoms with van der Waals surface area (Å²) in [5.41, 5.74) is 0. The van der Waals surface area contributed by atoms with Crippen LogP contribution in [0.15, 0.2) is 12.7 Å². The van der Waals surface area contributed by atoms with E-state index in [0.29, 0.717) is 17.9 Å². The fourth-order valence-corrected chi connectivity index (χ4v) is 2.18. The number of nitrogens with one attached hydrogen (secondary N) is 1. The minimum absolute atomic E-state index is 0.136. The maximum atomic E-state index is 5.89. The Kier molecular flexibility index (Phi) is 3.91. The lowest BCUT2D eigenvalue weighted by atomic mass is 10.1. The quantitative estimate of drug-likeness (QED) is 0.838. The van der Waals surface area contributed by atoms with Crippen LogP contribution in [0.2, 0.25) is 0 Å². The Morgan fingerprint density at radius 2 is 2.05 bits per heavy atom. The van der Waals surface area contributed by atoms with Crippen molar-refractivity contribution in [2.45, 2.75) is 18.9 Å². The highest BCUT2D eigenvalue weighted by Crippen LogP contribution is 2.17. The van der Waals surface area contributed by atoms with Gasteiger partial charge in [0.25, 0.3) is 5.95 Å². The van der Waals surface area contributed by atoms with Gasteiger partial charge in [0, 0.05) is 20.1 Å². The molecule has 0 amide bonds. The molecule has 2 aromatic rings. The molecule has 1 saturated heterocycles. The summed E-state index contributed by atoms with van der Waals surface area (Å²) < 4.78 is 7.37. The maximum Gasteiger partial charge on any atom is 0.323 e. The molecule has 1 N–H and O–H groups in total. The first-order chi connectivity index (χ1) is 10.2. The van der Waals surface area contributed by atoms with Gasteiger partial charge in [0.15, 0.2) is 0 Å². The molecule has 2 aromatic heterocycles. The lowest BCUT2D eigenvalue weighted by Crippen LogP contribution is -2.36. The van der Waals surface area contributed by atoms with Gasteiger partial charge in [-0.1, -0.05) is 0 Å². The highest BCUT2D eigenvalue weighted by molar-refractivity contribution is 5.28. The summed E-state index contributed by atoms with van der Waals surface area (Å²) >= 11 is 0. The van der Waals surface area contributed by atoms with Gasteiger partial charge in [-0.2, -0.15) is 24.7 Å². The van der Waals surface area contributed by atoms with E-state index in [9.17, 15) is 0 Å². The van der Waals surface area contributed by atoms with Crippen LogP contribution in [-0.2, 0) is 0 Å². The summed E-state index contributed by atoms with van der Waals surface area (Å²) in [5, 5.41) is 6.92. The van der Waals surface area contributed by atoms with E-state index in [-0.39, 0.29) is 6.10 Å². The van der Waals surface area contributed by atoms with Crippen LogP contribution in [0.1, 0.15) is 12.8 Å². The summed E-state index contributed by atoms with van der Waals surface area (Å²) in [6, 6.07) is 0.314. The number of hydrogen-bond donors (Lipinski definition) is 1. The third kappa shape index (κ3) is 3.24. The van der Waals surface area contributed by atoms with Gasteiger partial charge in [-0.15, -0.1) is 0 Å². The van der Waals surface area contributed by atoms with Crippen molar-refractivity contribution in [1.82, 2.24) is 34.6 Å². The van der Waals surface area contributed by atoms with Crippen molar-refractivity contribution in [2.24, 2.45) is 0 Å². The first-order valence-electron chi connectivity index (χ1n) is 6.88. The van der Waals surface area contributed by atoms with Crippen molar-refractivity contribution in [3.05, 3.63) is 12.7 Å². The molecule has 0 unspecified atom stereocenters. The van der Waals surface area contributed by atoms with E-state index >= 15 is 0 Å². The number of likely N-dealkylation sites (tertiary alicyclic amines) is 1. The maximum absolute atomic E-state index is 5.89. The molecule has 0 saturated carbocycles. The molecule has 0 aliphatic carbocycles. The predicted molar refractivity (Wildman–Crippen MR) is 75.4 cm³/mol. The Morgan fingerprint density at radius 3 is 2.71 bits per heavy atom. The van der Waals surface area contributed by atoms with Crippen LogP contribution in [-0.4, -0.2) is 67.9 Å². The molecule has 1 aliphatic heterocycles. The van der Waals surface area contributed by atoms with E-state index in [1.807, 2.05) is 0 Å². The SMILES string of the molecule is CNc1nc(OC2CCN(C)CC2)nc(-n2cncn2)n1. The van der Waals surface area contributed by atoms with Crippen LogP contribution >= 0.6 is 0 Å². The summed E-state index contributed by atoms with van der Waals surface area (Å²) in [6.07, 6.45) is 5.04. The first kappa shape index (κ1) is 13.7. The second-order valence-electron chi connectivity index (χ2n) is 4.95. The highest BCUT2D eigenvalue weighted by atomic mass is 16.5. The molecule has 1 aliphatic rings. The van der Waals surface area contributed by atoms with Crippen LogP contribution < -0.4 is 10.1 Å². The summed E-state index contributed by atoms with van der Waals surface area (Å²) in [4.78, 5) is 19.0. The van der Waals surface area contributed by atoms with Crippen molar-refractivity contribution >= 4 is 5.95 Å². The van der Waals surface area contributed by atoms with Crippen LogP contribution in [0.5, 0.6) is 6.01 Å². The molecular formula is C12H18N8O. The smallest absolute Gasteiger partial charge is 0.323 e. The summed E-state index contributed by atoms with van der Waals surface area (Å²) in [7, 11) is 3.86. The zero-order chi connectivity index (χ0) is 14.7. The fourth-order valence-electron chi connectivity index (χ4n) is 2.18. The number of aromatic nitrogens is 6. The van der Waals surface area contributed by atoms with Gasteiger partial charge >= 0.3 is 6.01 Å². The molecule has 9 nitrogen and oxygen atoms in total. The standard InChI is InChI=1S/C12H18N8O/c1-13-10-16-11(20-8-14-7-15-20)18-12(17-10)21-9-3-5-19(2)6-4-9/h7-9H,3-6H2,1-2H3,(H,13,16,17,18). The zero-order valence-corrected chi connectivity index (χ0v) is 12.1. The van der Waals surface area contributed by atoms with Crippen molar-refractivity contribution in [2.75, 3.05) is 32.5 Å². The van der Waals surface area contributed by atoms with E-state index < -0.39 is 0 Å². The van der Waals surface area contributed by atoms with Crippen LogP contribution in [0.25, 0.3) is 5.95 Å². The minimum atomic E-state index is 0.136. The van der Waals surface area contributed by atoms with Gasteiger partial charge in [-0.05, 0) is 19.9 Å². The monoisotopic (exact) mass is 290 g/mol. The average Bonchev–Trinajstić information content (AvgIpc) is 3.04. The first-order valence-corrected chi connectivity index (χ1v) is 6.88. The molecule has 0 atom stereocenters. The number of nitrogens with zero attached hydrogens (tertiary/aromatic N) is 7. The molecular weight excluding hydrogens is 272 g/mol. The predicted octanol–water partition coefficient (Wildman–Crippen LogP) is -0.0330. The van der Waals surface area contributed by atoms with Crippen molar-refractivity contribution in [3.63, 3.8) is 0 Å². The molecule has 0 spiro atoms. The number of anilines is 1. The second kappa shape index (κ2) is 6.00. The van der Waals surface area contributed by atoms with Gasteiger partial charge in [0.2, 0.25) is 5.95 Å². The Labute approximate surface area is 122 Å². The largest absolute Gasteiger partial charge is 0.460 e. The van der Waals surface area contributed by atoms with Crippen LogP contribution in [0.4, 0.5) is 5.95 Å². The van der Waals surface area contributed by atoms with E-state index in [0.717, 1.165) is 25.9 Å². The second-order valence-corrected chi connectivity index (χ2v) is 4.95. The van der Waals surface area contributed by atoms with Crippen LogP contribution in [0, 0.1) is 0 Å². The number of ether oxygens (including phenoxy) is 1.